The summed E-state index contributed by atoms with van der Waals surface area (Å²) >= 11 is 1.35. The van der Waals surface area contributed by atoms with E-state index in [1.165, 1.54) is 18.2 Å². The number of benzene rings is 2. The van der Waals surface area contributed by atoms with E-state index in [2.05, 4.69) is 0 Å². The molecule has 2 aromatic carbocycles. The minimum atomic E-state index is -1.76. The van der Waals surface area contributed by atoms with Crippen LogP contribution in [0.2, 0.25) is 0 Å². The average Bonchev–Trinajstić information content (AvgIpc) is 2.70. The predicted octanol–water partition coefficient (Wildman–Crippen LogP) is 5.58. The Kier molecular flexibility index (Phi) is 6.91. The maximum absolute atomic E-state index is 11.9. The Bertz CT molecular complexity index is 806. The maximum atomic E-state index is 11.9. The van der Waals surface area contributed by atoms with Crippen molar-refractivity contribution in [2.24, 2.45) is 11.8 Å². The van der Waals surface area contributed by atoms with Gasteiger partial charge in [-0.1, -0.05) is 62.4 Å². The molecule has 1 fully saturated rings. The molecule has 4 nitrogen and oxygen atoms in total. The number of thioether (sulfide) groups is 1. The number of hydrogen-bond acceptors (Lipinski definition) is 4. The number of hydrogen-bond donors (Lipinski definition) is 2. The molecule has 0 heterocycles. The summed E-state index contributed by atoms with van der Waals surface area (Å²) in [7, 11) is -0.522. The van der Waals surface area contributed by atoms with Crippen LogP contribution in [0.15, 0.2) is 47.4 Å². The lowest BCUT2D eigenvalue weighted by Gasteiger charge is -2.31. The lowest BCUT2D eigenvalue weighted by molar-refractivity contribution is -0.147. The molecule has 27 heavy (non-hydrogen) atoms. The zero-order valence-corrected chi connectivity index (χ0v) is 16.9. The van der Waals surface area contributed by atoms with Crippen molar-refractivity contribution in [3.05, 3.63) is 42.5 Å². The highest BCUT2D eigenvalue weighted by Gasteiger charge is 2.44. The minimum Gasteiger partial charge on any atom is -0.481 e. The van der Waals surface area contributed by atoms with Gasteiger partial charge in [0.05, 0.1) is 5.92 Å². The first-order valence-electron chi connectivity index (χ1n) is 9.43. The van der Waals surface area contributed by atoms with Gasteiger partial charge in [0, 0.05) is 10.6 Å². The Balaban J connectivity index is 1.72. The van der Waals surface area contributed by atoms with Crippen molar-refractivity contribution in [2.75, 3.05) is 5.75 Å². The number of fused-ring (bicyclic) bond motifs is 1. The molecule has 1 aliphatic carbocycles. The molecule has 0 aliphatic heterocycles. The molecule has 144 valence electrons. The van der Waals surface area contributed by atoms with E-state index >= 15 is 0 Å². The molecule has 6 heteroatoms. The van der Waals surface area contributed by atoms with Gasteiger partial charge < -0.3 is 10.2 Å². The van der Waals surface area contributed by atoms with E-state index in [1.54, 1.807) is 0 Å². The first-order chi connectivity index (χ1) is 13.0. The smallest absolute Gasteiger partial charge is 0.310 e. The van der Waals surface area contributed by atoms with Gasteiger partial charge in [0.2, 0.25) is 0 Å². The molecule has 2 atom stereocenters. The van der Waals surface area contributed by atoms with E-state index in [1.807, 2.05) is 42.5 Å². The minimum absolute atomic E-state index is 0.0834. The average molecular weight is 404 g/mol. The molecule has 1 saturated carbocycles. The lowest BCUT2D eigenvalue weighted by Crippen LogP contribution is -2.41. The fraction of sp³-hybridized carbons (Fsp3) is 0.476. The molecule has 3 rings (SSSR count). The second-order valence-corrected chi connectivity index (χ2v) is 9.40. The van der Waals surface area contributed by atoms with Gasteiger partial charge in [-0.25, -0.2) is 0 Å². The van der Waals surface area contributed by atoms with Gasteiger partial charge in [-0.3, -0.25) is 9.36 Å². The van der Waals surface area contributed by atoms with E-state index in [4.69, 9.17) is 0 Å². The lowest BCUT2D eigenvalue weighted by atomic mass is 9.81. The van der Waals surface area contributed by atoms with Crippen LogP contribution in [0.5, 0.6) is 0 Å². The van der Waals surface area contributed by atoms with Crippen LogP contribution < -0.4 is 0 Å². The van der Waals surface area contributed by atoms with Crippen LogP contribution in [0.25, 0.3) is 10.8 Å². The first kappa shape index (κ1) is 20.3. The standard InChI is InChI=1S/C21H25O4PS/c22-20(23)19(12-15-6-2-1-3-7-15)21(24,26-25)14-27-18-11-10-16-8-4-5-9-17(16)13-18/h4-5,8-11,13,15,19,24H,1-3,6-7,12,14H2,(H,22,23). The number of carboxylic acids is 1. The molecular formula is C21H25O4PS. The van der Waals surface area contributed by atoms with Gasteiger partial charge in [0.25, 0.3) is 0 Å². The van der Waals surface area contributed by atoms with Crippen LogP contribution in [-0.4, -0.2) is 27.3 Å². The van der Waals surface area contributed by atoms with Crippen LogP contribution >= 0.6 is 20.2 Å². The normalized spacial score (nSPS) is 19.0. The van der Waals surface area contributed by atoms with Gasteiger partial charge in [-0.15, -0.1) is 11.8 Å². The summed E-state index contributed by atoms with van der Waals surface area (Å²) in [6.07, 6.45) is 5.78. The summed E-state index contributed by atoms with van der Waals surface area (Å²) in [5.74, 6) is -1.71. The van der Waals surface area contributed by atoms with Gasteiger partial charge in [-0.05, 0) is 35.2 Å². The highest BCUT2D eigenvalue weighted by molar-refractivity contribution is 7.99. The van der Waals surface area contributed by atoms with Crippen LogP contribution in [0.1, 0.15) is 38.5 Å². The first-order valence-corrected chi connectivity index (χ1v) is 11.2. The number of carboxylic acid groups (broad SMARTS) is 1. The molecule has 0 saturated heterocycles. The van der Waals surface area contributed by atoms with Crippen molar-refractivity contribution in [1.82, 2.24) is 0 Å². The monoisotopic (exact) mass is 404 g/mol. The Hall–Kier alpha value is -1.42. The second kappa shape index (κ2) is 9.18. The largest absolute Gasteiger partial charge is 0.481 e. The fourth-order valence-electron chi connectivity index (χ4n) is 3.88. The quantitative estimate of drug-likeness (QED) is 0.444. The van der Waals surface area contributed by atoms with E-state index in [0.29, 0.717) is 12.3 Å². The summed E-state index contributed by atoms with van der Waals surface area (Å²) in [5, 5.41) is 21.1. The second-order valence-electron chi connectivity index (χ2n) is 7.40. The highest BCUT2D eigenvalue weighted by Crippen LogP contribution is 2.41. The fourth-order valence-corrected chi connectivity index (χ4v) is 5.58. The third kappa shape index (κ3) is 5.10. The van der Waals surface area contributed by atoms with Crippen LogP contribution in [0, 0.1) is 11.8 Å². The Morgan fingerprint density at radius 2 is 1.85 bits per heavy atom. The molecule has 2 unspecified atom stereocenters. The summed E-state index contributed by atoms with van der Waals surface area (Å²) in [5.41, 5.74) is 0. The molecular weight excluding hydrogens is 379 g/mol. The Labute approximate surface area is 165 Å². The topological polar surface area (TPSA) is 74.6 Å². The molecule has 2 aromatic rings. The SMILES string of the molecule is O=PC(O)(CSc1ccc2ccccc2c1)C(CC1CCCCC1)C(=O)O. The number of rotatable bonds is 8. The predicted molar refractivity (Wildman–Crippen MR) is 110 cm³/mol. The zero-order valence-electron chi connectivity index (χ0n) is 15.2. The van der Waals surface area contributed by atoms with Crippen molar-refractivity contribution in [1.29, 1.82) is 0 Å². The van der Waals surface area contributed by atoms with Crippen LogP contribution in [0.3, 0.4) is 0 Å². The number of aliphatic hydroxyl groups is 1. The third-order valence-electron chi connectivity index (χ3n) is 5.48. The van der Waals surface area contributed by atoms with Crippen molar-refractivity contribution in [2.45, 2.75) is 48.8 Å². The summed E-state index contributed by atoms with van der Waals surface area (Å²) in [4.78, 5) is 12.8. The Morgan fingerprint density at radius 3 is 2.52 bits per heavy atom. The summed E-state index contributed by atoms with van der Waals surface area (Å²) in [6, 6.07) is 14.0. The highest BCUT2D eigenvalue weighted by atomic mass is 32.2. The molecule has 1 aliphatic rings. The van der Waals surface area contributed by atoms with Gasteiger partial charge in [0.15, 0.2) is 13.8 Å². The number of aliphatic carboxylic acids is 1. The van der Waals surface area contributed by atoms with Crippen molar-refractivity contribution < 1.29 is 19.6 Å². The van der Waals surface area contributed by atoms with Crippen molar-refractivity contribution in [3.63, 3.8) is 0 Å². The van der Waals surface area contributed by atoms with Crippen molar-refractivity contribution in [3.8, 4) is 0 Å². The van der Waals surface area contributed by atoms with Crippen LogP contribution in [0.4, 0.5) is 0 Å². The molecule has 0 amide bonds. The van der Waals surface area contributed by atoms with Gasteiger partial charge in [0.1, 0.15) is 0 Å². The maximum Gasteiger partial charge on any atom is 0.310 e. The molecule has 2 N–H and O–H groups in total. The number of carbonyl (C=O) groups is 1. The molecule has 0 spiro atoms. The third-order valence-corrected chi connectivity index (χ3v) is 7.65. The molecule has 0 bridgehead atoms. The van der Waals surface area contributed by atoms with Gasteiger partial charge in [-0.2, -0.15) is 0 Å². The van der Waals surface area contributed by atoms with Crippen LogP contribution in [-0.2, 0) is 9.36 Å². The van der Waals surface area contributed by atoms with Gasteiger partial charge >= 0.3 is 5.97 Å². The summed E-state index contributed by atoms with van der Waals surface area (Å²) < 4.78 is 11.8. The Morgan fingerprint density at radius 1 is 1.15 bits per heavy atom. The zero-order chi connectivity index (χ0) is 19.3. The molecule has 0 aromatic heterocycles. The van der Waals surface area contributed by atoms with E-state index < -0.39 is 25.7 Å². The van der Waals surface area contributed by atoms with E-state index in [9.17, 15) is 19.6 Å². The van der Waals surface area contributed by atoms with E-state index in [0.717, 1.165) is 41.4 Å². The molecule has 0 radical (unpaired) electrons. The summed E-state index contributed by atoms with van der Waals surface area (Å²) in [6.45, 7) is 0. The van der Waals surface area contributed by atoms with E-state index in [-0.39, 0.29) is 5.75 Å². The van der Waals surface area contributed by atoms with Crippen molar-refractivity contribution >= 4 is 37.0 Å².